The monoisotopic (exact) mass is 437 g/mol. The zero-order chi connectivity index (χ0) is 20.3. The maximum atomic E-state index is 12.3. The van der Waals surface area contributed by atoms with E-state index in [1.165, 1.54) is 12.3 Å². The lowest BCUT2D eigenvalue weighted by Gasteiger charge is -2.35. The third kappa shape index (κ3) is 5.19. The van der Waals surface area contributed by atoms with Gasteiger partial charge < -0.3 is 9.47 Å². The average Bonchev–Trinajstić information content (AvgIpc) is 2.74. The van der Waals surface area contributed by atoms with E-state index in [4.69, 9.17) is 21.1 Å². The molecule has 2 aliphatic heterocycles. The second kappa shape index (κ2) is 8.87. The van der Waals surface area contributed by atoms with Crippen LogP contribution in [0.25, 0.3) is 0 Å². The number of hydrogen-bond donors (Lipinski definition) is 1. The lowest BCUT2D eigenvalue weighted by atomic mass is 9.97. The highest BCUT2D eigenvalue weighted by atomic mass is 35.5. The van der Waals surface area contributed by atoms with Crippen LogP contribution < -0.4 is 14.2 Å². The number of fused-ring (bicyclic) bond motifs is 1. The van der Waals surface area contributed by atoms with Crippen molar-refractivity contribution in [3.05, 3.63) is 47.6 Å². The van der Waals surface area contributed by atoms with Gasteiger partial charge >= 0.3 is 0 Å². The van der Waals surface area contributed by atoms with Crippen LogP contribution in [0.15, 0.2) is 47.6 Å². The molecule has 1 fully saturated rings. The molecule has 1 N–H and O–H groups in total. The number of hydrogen-bond acceptors (Lipinski definition) is 6. The van der Waals surface area contributed by atoms with Crippen molar-refractivity contribution in [3.8, 4) is 11.5 Å². The van der Waals surface area contributed by atoms with Gasteiger partial charge in [-0.25, -0.2) is 18.1 Å². The number of ether oxygens (including phenoxy) is 2. The van der Waals surface area contributed by atoms with E-state index in [2.05, 4.69) is 14.6 Å². The fraction of sp³-hybridized carbons (Fsp3) is 0.450. The van der Waals surface area contributed by atoms with Crippen molar-refractivity contribution < 1.29 is 17.9 Å². The summed E-state index contributed by atoms with van der Waals surface area (Å²) in [6, 6.07) is 10.3. The summed E-state index contributed by atoms with van der Waals surface area (Å²) in [6.07, 6.45) is 3.30. The molecule has 7 nitrogen and oxygen atoms in total. The van der Waals surface area contributed by atoms with E-state index in [9.17, 15) is 8.42 Å². The number of benzene rings is 1. The van der Waals surface area contributed by atoms with Crippen LogP contribution in [0, 0.1) is 5.92 Å². The number of aromatic nitrogens is 1. The zero-order valence-electron chi connectivity index (χ0n) is 16.0. The lowest BCUT2D eigenvalue weighted by molar-refractivity contribution is 0.0481. The first kappa shape index (κ1) is 20.4. The minimum Gasteiger partial charge on any atom is -0.486 e. The second-order valence-electron chi connectivity index (χ2n) is 7.41. The summed E-state index contributed by atoms with van der Waals surface area (Å²) in [5, 5.41) is 0.689. The molecule has 1 saturated heterocycles. The highest BCUT2D eigenvalue weighted by Crippen LogP contribution is 2.34. The van der Waals surface area contributed by atoms with E-state index in [-0.39, 0.29) is 11.1 Å². The van der Waals surface area contributed by atoms with Gasteiger partial charge in [-0.15, -0.1) is 0 Å². The van der Waals surface area contributed by atoms with Gasteiger partial charge in [0.2, 0.25) is 0 Å². The van der Waals surface area contributed by atoms with Gasteiger partial charge in [-0.05, 0) is 56.1 Å². The van der Waals surface area contributed by atoms with Crippen LogP contribution in [0.2, 0.25) is 5.02 Å². The van der Waals surface area contributed by atoms with E-state index in [0.717, 1.165) is 38.2 Å². The standard InChI is InChI=1S/C20H24ClN3O4S/c21-16-4-5-18-19(11-16)28-17(14-27-18)13-24-9-6-15(7-10-24)12-23-29(25,26)20-3-1-2-8-22-20/h1-5,8,11,15,17,23H,6-7,9-10,12-14H2/t17-/m0/s1. The van der Waals surface area contributed by atoms with Crippen molar-refractivity contribution in [2.45, 2.75) is 24.0 Å². The van der Waals surface area contributed by atoms with Crippen LogP contribution in [0.3, 0.4) is 0 Å². The second-order valence-corrected chi connectivity index (χ2v) is 9.56. The number of halogens is 1. The summed E-state index contributed by atoms with van der Waals surface area (Å²) >= 11 is 6.03. The van der Waals surface area contributed by atoms with E-state index in [1.807, 2.05) is 6.07 Å². The molecule has 0 amide bonds. The van der Waals surface area contributed by atoms with Gasteiger partial charge in [-0.3, -0.25) is 4.90 Å². The molecule has 2 aliphatic rings. The van der Waals surface area contributed by atoms with Gasteiger partial charge in [0, 0.05) is 30.4 Å². The smallest absolute Gasteiger partial charge is 0.258 e. The average molecular weight is 438 g/mol. The number of nitrogens with one attached hydrogen (secondary N) is 1. The highest BCUT2D eigenvalue weighted by Gasteiger charge is 2.27. The Hall–Kier alpha value is -1.87. The van der Waals surface area contributed by atoms with Crippen LogP contribution >= 0.6 is 11.6 Å². The Bertz CT molecular complexity index is 934. The van der Waals surface area contributed by atoms with Crippen molar-refractivity contribution in [2.75, 3.05) is 32.8 Å². The zero-order valence-corrected chi connectivity index (χ0v) is 17.5. The molecular weight excluding hydrogens is 414 g/mol. The van der Waals surface area contributed by atoms with Crippen molar-refractivity contribution >= 4 is 21.6 Å². The first-order valence-electron chi connectivity index (χ1n) is 9.72. The molecule has 0 saturated carbocycles. The molecule has 2 aromatic rings. The van der Waals surface area contributed by atoms with Crippen LogP contribution in [0.1, 0.15) is 12.8 Å². The van der Waals surface area contributed by atoms with Crippen LogP contribution in [-0.2, 0) is 10.0 Å². The van der Waals surface area contributed by atoms with E-state index in [1.54, 1.807) is 24.3 Å². The van der Waals surface area contributed by atoms with Crippen molar-refractivity contribution in [3.63, 3.8) is 0 Å². The Balaban J connectivity index is 1.23. The first-order chi connectivity index (χ1) is 14.0. The molecule has 29 heavy (non-hydrogen) atoms. The normalized spacial score (nSPS) is 20.5. The van der Waals surface area contributed by atoms with Crippen molar-refractivity contribution in [2.24, 2.45) is 5.92 Å². The molecule has 0 unspecified atom stereocenters. The molecule has 4 rings (SSSR count). The van der Waals surface area contributed by atoms with Crippen molar-refractivity contribution in [1.29, 1.82) is 0 Å². The molecule has 9 heteroatoms. The molecule has 156 valence electrons. The number of pyridine rings is 1. The Morgan fingerprint density at radius 2 is 2.00 bits per heavy atom. The quantitative estimate of drug-likeness (QED) is 0.748. The van der Waals surface area contributed by atoms with E-state index >= 15 is 0 Å². The van der Waals surface area contributed by atoms with Crippen LogP contribution in [-0.4, -0.2) is 57.2 Å². The third-order valence-corrected chi connectivity index (χ3v) is 6.84. The largest absolute Gasteiger partial charge is 0.486 e. The molecule has 0 spiro atoms. The van der Waals surface area contributed by atoms with E-state index < -0.39 is 10.0 Å². The summed E-state index contributed by atoms with van der Waals surface area (Å²) in [6.45, 7) is 3.52. The topological polar surface area (TPSA) is 80.8 Å². The Morgan fingerprint density at radius 1 is 1.17 bits per heavy atom. The lowest BCUT2D eigenvalue weighted by Crippen LogP contribution is -2.45. The Morgan fingerprint density at radius 3 is 2.76 bits per heavy atom. The minimum atomic E-state index is -3.55. The summed E-state index contributed by atoms with van der Waals surface area (Å²) in [4.78, 5) is 6.26. The van der Waals surface area contributed by atoms with Gasteiger partial charge in [0.15, 0.2) is 16.5 Å². The number of nitrogens with zero attached hydrogens (tertiary/aromatic N) is 2. The highest BCUT2D eigenvalue weighted by molar-refractivity contribution is 7.89. The van der Waals surface area contributed by atoms with Gasteiger partial charge in [-0.1, -0.05) is 17.7 Å². The van der Waals surface area contributed by atoms with Gasteiger partial charge in [0.1, 0.15) is 12.7 Å². The predicted molar refractivity (Wildman–Crippen MR) is 110 cm³/mol. The summed E-state index contributed by atoms with van der Waals surface area (Å²) in [7, 11) is -3.55. The van der Waals surface area contributed by atoms with Gasteiger partial charge in [0.25, 0.3) is 10.0 Å². The molecule has 0 radical (unpaired) electrons. The SMILES string of the molecule is O=S(=O)(NCC1CCN(C[C@H]2COc3ccc(Cl)cc3O2)CC1)c1ccccn1. The molecule has 1 aromatic heterocycles. The molecule has 0 aliphatic carbocycles. The van der Waals surface area contributed by atoms with Crippen LogP contribution in [0.5, 0.6) is 11.5 Å². The van der Waals surface area contributed by atoms with Crippen molar-refractivity contribution in [1.82, 2.24) is 14.6 Å². The Labute approximate surface area is 176 Å². The fourth-order valence-corrected chi connectivity index (χ4v) is 4.87. The number of likely N-dealkylation sites (tertiary alicyclic amines) is 1. The van der Waals surface area contributed by atoms with E-state index in [0.29, 0.717) is 29.8 Å². The van der Waals surface area contributed by atoms with Gasteiger partial charge in [0.05, 0.1) is 0 Å². The van der Waals surface area contributed by atoms with Crippen LogP contribution in [0.4, 0.5) is 0 Å². The maximum absolute atomic E-state index is 12.3. The third-order valence-electron chi connectivity index (χ3n) is 5.27. The molecular formula is C20H24ClN3O4S. The maximum Gasteiger partial charge on any atom is 0.258 e. The first-order valence-corrected chi connectivity index (χ1v) is 11.6. The minimum absolute atomic E-state index is 0.0415. The number of rotatable bonds is 6. The molecule has 1 aromatic carbocycles. The summed E-state index contributed by atoms with van der Waals surface area (Å²) in [5.41, 5.74) is 0. The number of piperidine rings is 1. The molecule has 3 heterocycles. The summed E-state index contributed by atoms with van der Waals surface area (Å²) in [5.74, 6) is 1.73. The Kier molecular flexibility index (Phi) is 6.24. The summed E-state index contributed by atoms with van der Waals surface area (Å²) < 4.78 is 39.1. The number of sulfonamides is 1. The fourth-order valence-electron chi connectivity index (χ4n) is 3.65. The van der Waals surface area contributed by atoms with Gasteiger partial charge in [-0.2, -0.15) is 0 Å². The predicted octanol–water partition coefficient (Wildman–Crippen LogP) is 2.57. The molecule has 0 bridgehead atoms. The molecule has 1 atom stereocenters.